The molecule has 0 aliphatic heterocycles. The molecule has 0 aliphatic rings. The van der Waals surface area contributed by atoms with Gasteiger partial charge in [0.25, 0.3) is 0 Å². The number of rotatable bonds is 5. The Morgan fingerprint density at radius 3 is 2.64 bits per heavy atom. The molecule has 1 atom stereocenters. The molecule has 66 valence electrons. The van der Waals surface area contributed by atoms with Crippen LogP contribution in [0, 0.1) is 0 Å². The van der Waals surface area contributed by atoms with Crippen molar-refractivity contribution in [3.8, 4) is 0 Å². The Kier molecular flexibility index (Phi) is 5.88. The number of aliphatic hydroxyl groups excluding tert-OH is 1. The molecule has 0 aromatic heterocycles. The van der Waals surface area contributed by atoms with E-state index in [1.165, 1.54) is 0 Å². The van der Waals surface area contributed by atoms with Gasteiger partial charge in [0.05, 0.1) is 12.4 Å². The van der Waals surface area contributed by atoms with Crippen LogP contribution in [0.4, 0.5) is 0 Å². The highest BCUT2D eigenvalue weighted by molar-refractivity contribution is 4.93. The molecule has 11 heavy (non-hydrogen) atoms. The van der Waals surface area contributed by atoms with Gasteiger partial charge in [0.15, 0.2) is 0 Å². The van der Waals surface area contributed by atoms with Crippen LogP contribution in [0.2, 0.25) is 0 Å². The lowest BCUT2D eigenvalue weighted by Crippen LogP contribution is -2.19. The SMILES string of the molecule is CC/C=C(/CC(N)O)OCC. The molecule has 3 heteroatoms. The zero-order valence-corrected chi connectivity index (χ0v) is 7.21. The van der Waals surface area contributed by atoms with Crippen LogP contribution in [0.5, 0.6) is 0 Å². The molecule has 0 aliphatic carbocycles. The van der Waals surface area contributed by atoms with E-state index in [2.05, 4.69) is 0 Å². The smallest absolute Gasteiger partial charge is 0.109 e. The average molecular weight is 159 g/mol. The molecule has 0 saturated carbocycles. The van der Waals surface area contributed by atoms with Crippen LogP contribution < -0.4 is 5.73 Å². The third kappa shape index (κ3) is 5.88. The summed E-state index contributed by atoms with van der Waals surface area (Å²) in [4.78, 5) is 0. The first-order valence-electron chi connectivity index (χ1n) is 3.96. The fourth-order valence-electron chi connectivity index (χ4n) is 0.820. The molecule has 3 N–H and O–H groups in total. The first-order chi connectivity index (χ1) is 5.20. The van der Waals surface area contributed by atoms with Gasteiger partial charge in [-0.1, -0.05) is 6.92 Å². The average Bonchev–Trinajstić information content (AvgIpc) is 1.87. The Morgan fingerprint density at radius 2 is 2.27 bits per heavy atom. The van der Waals surface area contributed by atoms with Crippen molar-refractivity contribution in [3.63, 3.8) is 0 Å². The van der Waals surface area contributed by atoms with Gasteiger partial charge in [-0.05, 0) is 19.4 Å². The maximum atomic E-state index is 8.83. The zero-order chi connectivity index (χ0) is 8.69. The fourth-order valence-corrected chi connectivity index (χ4v) is 0.820. The summed E-state index contributed by atoms with van der Waals surface area (Å²) in [6.45, 7) is 4.55. The summed E-state index contributed by atoms with van der Waals surface area (Å²) in [7, 11) is 0. The monoisotopic (exact) mass is 159 g/mol. The van der Waals surface area contributed by atoms with E-state index in [1.807, 2.05) is 19.9 Å². The second-order valence-electron chi connectivity index (χ2n) is 2.28. The van der Waals surface area contributed by atoms with Crippen molar-refractivity contribution in [1.29, 1.82) is 0 Å². The normalized spacial score (nSPS) is 14.7. The van der Waals surface area contributed by atoms with Crippen molar-refractivity contribution in [1.82, 2.24) is 0 Å². The van der Waals surface area contributed by atoms with Crippen molar-refractivity contribution in [2.45, 2.75) is 32.9 Å². The number of nitrogens with two attached hydrogens (primary N) is 1. The summed E-state index contributed by atoms with van der Waals surface area (Å²) >= 11 is 0. The fraction of sp³-hybridized carbons (Fsp3) is 0.750. The molecule has 0 radical (unpaired) electrons. The predicted molar refractivity (Wildman–Crippen MR) is 44.8 cm³/mol. The van der Waals surface area contributed by atoms with Gasteiger partial charge < -0.3 is 15.6 Å². The third-order valence-corrected chi connectivity index (χ3v) is 1.17. The van der Waals surface area contributed by atoms with Gasteiger partial charge in [0.1, 0.15) is 6.23 Å². The van der Waals surface area contributed by atoms with Crippen molar-refractivity contribution < 1.29 is 9.84 Å². The van der Waals surface area contributed by atoms with Crippen molar-refractivity contribution >= 4 is 0 Å². The lowest BCUT2D eigenvalue weighted by Gasteiger charge is -2.09. The Bertz CT molecular complexity index is 121. The van der Waals surface area contributed by atoms with Gasteiger partial charge >= 0.3 is 0 Å². The molecule has 0 saturated heterocycles. The van der Waals surface area contributed by atoms with Gasteiger partial charge in [-0.2, -0.15) is 0 Å². The Morgan fingerprint density at radius 1 is 1.64 bits per heavy atom. The summed E-state index contributed by atoms with van der Waals surface area (Å²) in [6.07, 6.45) is 2.43. The number of ether oxygens (including phenoxy) is 1. The maximum Gasteiger partial charge on any atom is 0.109 e. The first kappa shape index (κ1) is 10.5. The van der Waals surface area contributed by atoms with Crippen LogP contribution in [0.25, 0.3) is 0 Å². The zero-order valence-electron chi connectivity index (χ0n) is 7.21. The number of hydrogen-bond acceptors (Lipinski definition) is 3. The molecule has 0 amide bonds. The highest BCUT2D eigenvalue weighted by Crippen LogP contribution is 2.05. The van der Waals surface area contributed by atoms with Crippen LogP contribution in [0.1, 0.15) is 26.7 Å². The summed E-state index contributed by atoms with van der Waals surface area (Å²) in [5, 5.41) is 8.83. The number of aliphatic hydroxyl groups is 1. The number of hydrogen-bond donors (Lipinski definition) is 2. The topological polar surface area (TPSA) is 55.5 Å². The Balaban J connectivity index is 3.79. The summed E-state index contributed by atoms with van der Waals surface area (Å²) in [6, 6.07) is 0. The standard InChI is InChI=1S/C8H17NO2/c1-3-5-7(11-4-2)6-8(9)10/h5,8,10H,3-4,6,9H2,1-2H3/b7-5-. The van der Waals surface area contributed by atoms with Crippen LogP contribution in [-0.2, 0) is 4.74 Å². The molecular formula is C8H17NO2. The molecular weight excluding hydrogens is 142 g/mol. The molecule has 0 rings (SSSR count). The summed E-state index contributed by atoms with van der Waals surface area (Å²) in [5.74, 6) is 0.782. The highest BCUT2D eigenvalue weighted by atomic mass is 16.5. The van der Waals surface area contributed by atoms with E-state index >= 15 is 0 Å². The third-order valence-electron chi connectivity index (χ3n) is 1.17. The molecule has 3 nitrogen and oxygen atoms in total. The van der Waals surface area contributed by atoms with Gasteiger partial charge in [-0.25, -0.2) is 0 Å². The molecule has 0 bridgehead atoms. The van der Waals surface area contributed by atoms with Gasteiger partial charge in [0, 0.05) is 6.42 Å². The van der Waals surface area contributed by atoms with E-state index in [9.17, 15) is 0 Å². The molecule has 0 aromatic rings. The van der Waals surface area contributed by atoms with E-state index in [0.29, 0.717) is 13.0 Å². The highest BCUT2D eigenvalue weighted by Gasteiger charge is 2.01. The maximum absolute atomic E-state index is 8.83. The summed E-state index contributed by atoms with van der Waals surface area (Å²) in [5.41, 5.74) is 5.19. The van der Waals surface area contributed by atoms with Gasteiger partial charge in [-0.3, -0.25) is 0 Å². The van der Waals surface area contributed by atoms with E-state index in [1.54, 1.807) is 0 Å². The van der Waals surface area contributed by atoms with Crippen molar-refractivity contribution in [3.05, 3.63) is 11.8 Å². The lowest BCUT2D eigenvalue weighted by molar-refractivity contribution is 0.139. The van der Waals surface area contributed by atoms with E-state index < -0.39 is 6.23 Å². The van der Waals surface area contributed by atoms with Crippen molar-refractivity contribution in [2.24, 2.45) is 5.73 Å². The molecule has 1 unspecified atom stereocenters. The Labute approximate surface area is 67.9 Å². The van der Waals surface area contributed by atoms with Crippen LogP contribution in [-0.4, -0.2) is 17.9 Å². The molecule has 0 spiro atoms. The largest absolute Gasteiger partial charge is 0.498 e. The van der Waals surface area contributed by atoms with Crippen LogP contribution in [0.15, 0.2) is 11.8 Å². The number of allylic oxidation sites excluding steroid dienone is 1. The minimum absolute atomic E-state index is 0.404. The van der Waals surface area contributed by atoms with E-state index in [-0.39, 0.29) is 0 Å². The van der Waals surface area contributed by atoms with Crippen molar-refractivity contribution in [2.75, 3.05) is 6.61 Å². The lowest BCUT2D eigenvalue weighted by atomic mass is 10.3. The minimum atomic E-state index is -0.806. The molecule has 0 fully saturated rings. The van der Waals surface area contributed by atoms with Gasteiger partial charge in [-0.15, -0.1) is 0 Å². The quantitative estimate of drug-likeness (QED) is 0.464. The summed E-state index contributed by atoms with van der Waals surface area (Å²) < 4.78 is 5.21. The van der Waals surface area contributed by atoms with Crippen LogP contribution >= 0.6 is 0 Å². The van der Waals surface area contributed by atoms with Crippen LogP contribution in [0.3, 0.4) is 0 Å². The minimum Gasteiger partial charge on any atom is -0.498 e. The Hall–Kier alpha value is -0.540. The molecule has 0 heterocycles. The van der Waals surface area contributed by atoms with E-state index in [0.717, 1.165) is 12.2 Å². The second-order valence-corrected chi connectivity index (χ2v) is 2.28. The van der Waals surface area contributed by atoms with Gasteiger partial charge in [0.2, 0.25) is 0 Å². The molecule has 0 aromatic carbocycles. The first-order valence-corrected chi connectivity index (χ1v) is 3.96. The predicted octanol–water partition coefficient (Wildman–Crippen LogP) is 0.984. The van der Waals surface area contributed by atoms with E-state index in [4.69, 9.17) is 15.6 Å². The second kappa shape index (κ2) is 6.19.